The van der Waals surface area contributed by atoms with E-state index in [2.05, 4.69) is 10.3 Å². The van der Waals surface area contributed by atoms with Gasteiger partial charge >= 0.3 is 0 Å². The number of carbonyl (C=O) groups is 2. The maximum atomic E-state index is 14.1. The van der Waals surface area contributed by atoms with Gasteiger partial charge in [0, 0.05) is 38.0 Å². The van der Waals surface area contributed by atoms with Gasteiger partial charge in [0.2, 0.25) is 0 Å². The highest BCUT2D eigenvalue weighted by Gasteiger charge is 2.19. The molecule has 3 aromatic rings. The van der Waals surface area contributed by atoms with Crippen LogP contribution in [0.15, 0.2) is 59.6 Å². The maximum Gasteiger partial charge on any atom is 0.254 e. The molecule has 2 amide bonds. The van der Waals surface area contributed by atoms with Crippen LogP contribution in [0, 0.1) is 5.82 Å². The van der Waals surface area contributed by atoms with Crippen molar-refractivity contribution in [2.24, 2.45) is 4.99 Å². The van der Waals surface area contributed by atoms with E-state index in [1.54, 1.807) is 36.2 Å². The Labute approximate surface area is 191 Å². The van der Waals surface area contributed by atoms with Crippen LogP contribution < -0.4 is 10.1 Å². The molecule has 1 aliphatic heterocycles. The van der Waals surface area contributed by atoms with E-state index in [-0.39, 0.29) is 11.5 Å². The van der Waals surface area contributed by atoms with E-state index in [0.29, 0.717) is 35.5 Å². The van der Waals surface area contributed by atoms with Crippen LogP contribution in [-0.2, 0) is 13.1 Å². The van der Waals surface area contributed by atoms with Crippen molar-refractivity contribution < 1.29 is 18.7 Å². The zero-order valence-corrected chi connectivity index (χ0v) is 18.7. The van der Waals surface area contributed by atoms with Crippen molar-refractivity contribution in [2.75, 3.05) is 21.2 Å². The van der Waals surface area contributed by atoms with Crippen LogP contribution in [0.2, 0.25) is 0 Å². The fraction of sp³-hybridized carbons (Fsp3) is 0.192. The molecule has 0 bridgehead atoms. The Morgan fingerprint density at radius 1 is 1.15 bits per heavy atom. The topological polar surface area (TPSA) is 71.0 Å². The number of amides is 2. The Morgan fingerprint density at radius 2 is 1.97 bits per heavy atom. The second-order valence-electron chi connectivity index (χ2n) is 7.80. The summed E-state index contributed by atoms with van der Waals surface area (Å²) in [4.78, 5) is 31.1. The number of halogens is 1. The summed E-state index contributed by atoms with van der Waals surface area (Å²) in [6, 6.07) is 15.4. The Kier molecular flexibility index (Phi) is 6.22. The largest absolute Gasteiger partial charge is 0.496 e. The van der Waals surface area contributed by atoms with Crippen LogP contribution in [0.25, 0.3) is 11.1 Å². The summed E-state index contributed by atoms with van der Waals surface area (Å²) >= 11 is 0. The monoisotopic (exact) mass is 445 g/mol. The minimum atomic E-state index is -0.608. The molecule has 1 N–H and O–H groups in total. The molecule has 0 aromatic heterocycles. The first-order valence-electron chi connectivity index (χ1n) is 10.5. The minimum Gasteiger partial charge on any atom is -0.496 e. The third-order valence-electron chi connectivity index (χ3n) is 5.74. The average Bonchev–Trinajstić information content (AvgIpc) is 3.33. The van der Waals surface area contributed by atoms with Crippen molar-refractivity contribution in [3.8, 4) is 16.9 Å². The van der Waals surface area contributed by atoms with E-state index in [9.17, 15) is 14.0 Å². The molecule has 1 aliphatic rings. The highest BCUT2D eigenvalue weighted by atomic mass is 19.1. The first kappa shape index (κ1) is 22.2. The van der Waals surface area contributed by atoms with Crippen LogP contribution in [0.5, 0.6) is 5.75 Å². The number of hydrogen-bond donors (Lipinski definition) is 1. The molecule has 3 aromatic carbocycles. The Morgan fingerprint density at radius 3 is 2.73 bits per heavy atom. The van der Waals surface area contributed by atoms with Crippen molar-refractivity contribution in [2.45, 2.75) is 13.1 Å². The van der Waals surface area contributed by atoms with Crippen molar-refractivity contribution in [3.63, 3.8) is 0 Å². The van der Waals surface area contributed by atoms with Gasteiger partial charge in [0.05, 0.1) is 19.2 Å². The summed E-state index contributed by atoms with van der Waals surface area (Å²) < 4.78 is 19.6. The number of rotatable bonds is 6. The van der Waals surface area contributed by atoms with Gasteiger partial charge in [-0.15, -0.1) is 0 Å². The first-order chi connectivity index (χ1) is 15.9. The number of carbonyl (C=O) groups excluding carboxylic acids is 2. The molecule has 6 nitrogen and oxygen atoms in total. The van der Waals surface area contributed by atoms with Crippen LogP contribution in [0.1, 0.15) is 37.4 Å². The summed E-state index contributed by atoms with van der Waals surface area (Å²) in [6.45, 7) is 1.09. The van der Waals surface area contributed by atoms with Crippen molar-refractivity contribution in [3.05, 3.63) is 88.2 Å². The maximum absolute atomic E-state index is 14.1. The SMILES string of the molecule is CNC(=O)c1cc(-c2ccc(C(=O)N(C)Cc3cccc4c3CN=C4)cc2OC)ccc1F. The number of benzene rings is 3. The second-order valence-corrected chi connectivity index (χ2v) is 7.80. The van der Waals surface area contributed by atoms with Crippen molar-refractivity contribution >= 4 is 18.0 Å². The number of fused-ring (bicyclic) bond motifs is 1. The zero-order valence-electron chi connectivity index (χ0n) is 18.7. The van der Waals surface area contributed by atoms with Gasteiger partial charge in [0.15, 0.2) is 0 Å². The van der Waals surface area contributed by atoms with Gasteiger partial charge in [-0.3, -0.25) is 14.6 Å². The number of ether oxygens (including phenoxy) is 1. The number of nitrogens with zero attached hydrogens (tertiary/aromatic N) is 2. The summed E-state index contributed by atoms with van der Waals surface area (Å²) in [5.41, 5.74) is 4.98. The zero-order chi connectivity index (χ0) is 23.5. The van der Waals surface area contributed by atoms with Gasteiger partial charge in [-0.2, -0.15) is 0 Å². The molecular weight excluding hydrogens is 421 g/mol. The molecule has 4 rings (SSSR count). The van der Waals surface area contributed by atoms with Crippen LogP contribution in [0.4, 0.5) is 4.39 Å². The van der Waals surface area contributed by atoms with Crippen molar-refractivity contribution in [1.82, 2.24) is 10.2 Å². The van der Waals surface area contributed by atoms with Crippen LogP contribution in [0.3, 0.4) is 0 Å². The lowest BCUT2D eigenvalue weighted by Gasteiger charge is -2.20. The smallest absolute Gasteiger partial charge is 0.254 e. The second kappa shape index (κ2) is 9.24. The number of hydrogen-bond acceptors (Lipinski definition) is 4. The molecule has 0 atom stereocenters. The summed E-state index contributed by atoms with van der Waals surface area (Å²) in [6.07, 6.45) is 1.86. The minimum absolute atomic E-state index is 0.0590. The molecule has 0 spiro atoms. The van der Waals surface area contributed by atoms with Crippen LogP contribution in [-0.4, -0.2) is 44.1 Å². The predicted molar refractivity (Wildman–Crippen MR) is 125 cm³/mol. The van der Waals surface area contributed by atoms with E-state index in [4.69, 9.17) is 4.74 Å². The summed E-state index contributed by atoms with van der Waals surface area (Å²) in [5.74, 6) is -0.818. The van der Waals surface area contributed by atoms with Crippen LogP contribution >= 0.6 is 0 Å². The highest BCUT2D eigenvalue weighted by molar-refractivity contribution is 5.97. The molecular formula is C26H24FN3O3. The first-order valence-corrected chi connectivity index (χ1v) is 10.5. The number of nitrogens with one attached hydrogen (secondary N) is 1. The van der Waals surface area contributed by atoms with Gasteiger partial charge in [-0.05, 0) is 52.6 Å². The highest BCUT2D eigenvalue weighted by Crippen LogP contribution is 2.32. The Bertz CT molecular complexity index is 1270. The molecule has 1 heterocycles. The van der Waals surface area contributed by atoms with E-state index in [1.807, 2.05) is 24.4 Å². The molecule has 0 fully saturated rings. The lowest BCUT2D eigenvalue weighted by molar-refractivity contribution is 0.0784. The third-order valence-corrected chi connectivity index (χ3v) is 5.74. The van der Waals surface area contributed by atoms with Gasteiger partial charge in [0.25, 0.3) is 11.8 Å². The molecule has 7 heteroatoms. The quantitative estimate of drug-likeness (QED) is 0.622. The molecule has 0 aliphatic carbocycles. The normalized spacial score (nSPS) is 11.8. The van der Waals surface area contributed by atoms with E-state index >= 15 is 0 Å². The summed E-state index contributed by atoms with van der Waals surface area (Å²) in [5, 5.41) is 2.43. The lowest BCUT2D eigenvalue weighted by atomic mass is 9.99. The Balaban J connectivity index is 1.60. The number of aliphatic imine (C=N–C) groups is 1. The third kappa shape index (κ3) is 4.35. The number of methoxy groups -OCH3 is 1. The summed E-state index contributed by atoms with van der Waals surface area (Å²) in [7, 11) is 4.71. The van der Waals surface area contributed by atoms with Gasteiger partial charge in [0.1, 0.15) is 11.6 Å². The lowest BCUT2D eigenvalue weighted by Crippen LogP contribution is -2.26. The van der Waals surface area contributed by atoms with Gasteiger partial charge in [-0.25, -0.2) is 4.39 Å². The van der Waals surface area contributed by atoms with Crippen molar-refractivity contribution in [1.29, 1.82) is 0 Å². The van der Waals surface area contributed by atoms with Gasteiger partial charge < -0.3 is 15.0 Å². The average molecular weight is 445 g/mol. The molecule has 0 radical (unpaired) electrons. The molecule has 0 unspecified atom stereocenters. The Hall–Kier alpha value is -4.00. The van der Waals surface area contributed by atoms with E-state index in [1.165, 1.54) is 26.3 Å². The fourth-order valence-corrected chi connectivity index (χ4v) is 3.96. The predicted octanol–water partition coefficient (Wildman–Crippen LogP) is 4.07. The molecule has 33 heavy (non-hydrogen) atoms. The fourth-order valence-electron chi connectivity index (χ4n) is 3.96. The standard InChI is InChI=1S/C26H24FN3O3/c1-28-25(31)21-11-16(8-10-23(21)27)20-9-7-17(12-24(20)33-3)26(32)30(2)15-19-6-4-5-18-13-29-14-22(18)19/h4-13H,14-15H2,1-3H3,(H,28,31). The van der Waals surface area contributed by atoms with Gasteiger partial charge in [-0.1, -0.05) is 24.3 Å². The molecule has 0 saturated heterocycles. The molecule has 168 valence electrons. The van der Waals surface area contributed by atoms with E-state index in [0.717, 1.165) is 16.7 Å². The van der Waals surface area contributed by atoms with E-state index < -0.39 is 11.7 Å². The molecule has 0 saturated carbocycles.